The number of benzene rings is 2. The third-order valence-electron chi connectivity index (χ3n) is 4.01. The molecule has 0 bridgehead atoms. The molecule has 0 spiro atoms. The van der Waals surface area contributed by atoms with Crippen LogP contribution in [0.4, 0.5) is 13.2 Å². The number of halogens is 3. The number of hydrogen-bond donors (Lipinski definition) is 0. The van der Waals surface area contributed by atoms with Gasteiger partial charge >= 0.3 is 6.36 Å². The Morgan fingerprint density at radius 3 is 2.48 bits per heavy atom. The second-order valence-electron chi connectivity index (χ2n) is 5.83. The smallest absolute Gasteiger partial charge is 0.486 e. The number of nitrogens with zero attached hydrogens (tertiary/aromatic N) is 1. The molecule has 2 aromatic rings. The quantitative estimate of drug-likeness (QED) is 0.785. The molecule has 1 aliphatic rings. The summed E-state index contributed by atoms with van der Waals surface area (Å²) in [6.45, 7) is 3.45. The molecule has 0 N–H and O–H groups in total. The molecule has 144 valence electrons. The van der Waals surface area contributed by atoms with Crippen LogP contribution in [-0.4, -0.2) is 36.9 Å². The van der Waals surface area contributed by atoms with Gasteiger partial charge < -0.3 is 19.1 Å². The molecule has 0 aliphatic carbocycles. The number of carbonyl (C=O) groups is 1. The van der Waals surface area contributed by atoms with Crippen LogP contribution < -0.4 is 14.2 Å². The fourth-order valence-corrected chi connectivity index (χ4v) is 2.77. The summed E-state index contributed by atoms with van der Waals surface area (Å²) in [7, 11) is 0. The van der Waals surface area contributed by atoms with E-state index in [1.165, 1.54) is 12.1 Å². The van der Waals surface area contributed by atoms with Gasteiger partial charge in [-0.15, -0.1) is 13.2 Å². The lowest BCUT2D eigenvalue weighted by atomic mass is 10.1. The van der Waals surface area contributed by atoms with Gasteiger partial charge in [0.1, 0.15) is 19.0 Å². The van der Waals surface area contributed by atoms with Crippen LogP contribution in [0.25, 0.3) is 0 Å². The summed E-state index contributed by atoms with van der Waals surface area (Å²) in [4.78, 5) is 14.3. The zero-order valence-electron chi connectivity index (χ0n) is 14.6. The average molecular weight is 381 g/mol. The van der Waals surface area contributed by atoms with E-state index in [-0.39, 0.29) is 17.2 Å². The van der Waals surface area contributed by atoms with Crippen LogP contribution in [0.5, 0.6) is 17.2 Å². The van der Waals surface area contributed by atoms with Crippen molar-refractivity contribution in [3.8, 4) is 17.2 Å². The van der Waals surface area contributed by atoms with E-state index >= 15 is 0 Å². The van der Waals surface area contributed by atoms with Gasteiger partial charge in [-0.25, -0.2) is 0 Å². The molecule has 5 nitrogen and oxygen atoms in total. The summed E-state index contributed by atoms with van der Waals surface area (Å²) < 4.78 is 51.8. The number of hydrogen-bond acceptors (Lipinski definition) is 4. The van der Waals surface area contributed by atoms with E-state index in [1.54, 1.807) is 11.0 Å². The van der Waals surface area contributed by atoms with Gasteiger partial charge in [0.15, 0.2) is 11.5 Å². The van der Waals surface area contributed by atoms with E-state index in [4.69, 9.17) is 9.47 Å². The number of amides is 1. The Hall–Kier alpha value is -2.90. The van der Waals surface area contributed by atoms with Crippen LogP contribution in [0.15, 0.2) is 42.5 Å². The third-order valence-corrected chi connectivity index (χ3v) is 4.01. The Morgan fingerprint density at radius 2 is 1.81 bits per heavy atom. The van der Waals surface area contributed by atoms with Gasteiger partial charge in [0.05, 0.1) is 0 Å². The number of ether oxygens (including phenoxy) is 3. The van der Waals surface area contributed by atoms with Crippen LogP contribution >= 0.6 is 0 Å². The first-order valence-corrected chi connectivity index (χ1v) is 8.40. The Kier molecular flexibility index (Phi) is 5.43. The molecule has 8 heteroatoms. The number of alkyl halides is 3. The van der Waals surface area contributed by atoms with Crippen LogP contribution in [0, 0.1) is 0 Å². The minimum Gasteiger partial charge on any atom is -0.486 e. The zero-order valence-corrected chi connectivity index (χ0v) is 14.6. The molecular formula is C19H18F3NO4. The number of para-hydroxylation sites is 1. The fourth-order valence-electron chi connectivity index (χ4n) is 2.77. The highest BCUT2D eigenvalue weighted by Crippen LogP contribution is 2.34. The molecule has 2 aromatic carbocycles. The van der Waals surface area contributed by atoms with Crippen molar-refractivity contribution in [2.75, 3.05) is 19.8 Å². The Balaban J connectivity index is 1.75. The summed E-state index contributed by atoms with van der Waals surface area (Å²) in [5.41, 5.74) is 1.08. The number of rotatable bonds is 5. The van der Waals surface area contributed by atoms with E-state index in [1.807, 2.05) is 19.1 Å². The first-order chi connectivity index (χ1) is 12.9. The summed E-state index contributed by atoms with van der Waals surface area (Å²) in [5, 5.41) is 0. The lowest BCUT2D eigenvalue weighted by Gasteiger charge is -2.25. The highest BCUT2D eigenvalue weighted by Gasteiger charge is 2.31. The minimum atomic E-state index is -4.77. The molecule has 0 atom stereocenters. The first kappa shape index (κ1) is 18.9. The number of carbonyl (C=O) groups excluding carboxylic acids is 1. The summed E-state index contributed by atoms with van der Waals surface area (Å²) in [6, 6.07) is 10.3. The van der Waals surface area contributed by atoms with Crippen LogP contribution in [0.1, 0.15) is 22.8 Å². The summed E-state index contributed by atoms with van der Waals surface area (Å²) >= 11 is 0. The van der Waals surface area contributed by atoms with Crippen molar-refractivity contribution in [2.45, 2.75) is 19.8 Å². The second kappa shape index (κ2) is 7.77. The molecule has 1 heterocycles. The SMILES string of the molecule is CCN(Cc1cccc2c1OCCO2)C(=O)c1ccc(OC(F)(F)F)cc1. The van der Waals surface area contributed by atoms with Gasteiger partial charge in [-0.3, -0.25) is 4.79 Å². The van der Waals surface area contributed by atoms with Crippen molar-refractivity contribution in [2.24, 2.45) is 0 Å². The maximum atomic E-state index is 12.7. The third kappa shape index (κ3) is 4.64. The Labute approximate surface area is 154 Å². The van der Waals surface area contributed by atoms with Gasteiger partial charge in [-0.1, -0.05) is 12.1 Å². The van der Waals surface area contributed by atoms with Crippen molar-refractivity contribution in [1.29, 1.82) is 0 Å². The van der Waals surface area contributed by atoms with E-state index in [0.717, 1.165) is 17.7 Å². The van der Waals surface area contributed by atoms with E-state index in [0.29, 0.717) is 37.8 Å². The normalized spacial score (nSPS) is 13.2. The molecule has 27 heavy (non-hydrogen) atoms. The van der Waals surface area contributed by atoms with Crippen molar-refractivity contribution >= 4 is 5.91 Å². The molecule has 0 saturated carbocycles. The maximum absolute atomic E-state index is 12.7. The molecule has 1 amide bonds. The van der Waals surface area contributed by atoms with Crippen molar-refractivity contribution < 1.29 is 32.2 Å². The van der Waals surface area contributed by atoms with E-state index < -0.39 is 6.36 Å². The fraction of sp³-hybridized carbons (Fsp3) is 0.316. The lowest BCUT2D eigenvalue weighted by Crippen LogP contribution is -2.31. The second-order valence-corrected chi connectivity index (χ2v) is 5.83. The average Bonchev–Trinajstić information content (AvgIpc) is 2.65. The van der Waals surface area contributed by atoms with Gasteiger partial charge in [0.25, 0.3) is 5.91 Å². The van der Waals surface area contributed by atoms with Gasteiger partial charge in [-0.2, -0.15) is 0 Å². The van der Waals surface area contributed by atoms with Crippen LogP contribution in [-0.2, 0) is 6.54 Å². The Morgan fingerprint density at radius 1 is 1.11 bits per heavy atom. The minimum absolute atomic E-state index is 0.272. The molecule has 0 saturated heterocycles. The van der Waals surface area contributed by atoms with Crippen molar-refractivity contribution in [1.82, 2.24) is 4.90 Å². The van der Waals surface area contributed by atoms with E-state index in [2.05, 4.69) is 4.74 Å². The summed E-state index contributed by atoms with van der Waals surface area (Å²) in [5.74, 6) is 0.579. The monoisotopic (exact) mass is 381 g/mol. The van der Waals surface area contributed by atoms with Gasteiger partial charge in [-0.05, 0) is 37.3 Å². The molecule has 1 aliphatic heterocycles. The van der Waals surface area contributed by atoms with E-state index in [9.17, 15) is 18.0 Å². The zero-order chi connectivity index (χ0) is 19.4. The predicted molar refractivity (Wildman–Crippen MR) is 91.0 cm³/mol. The first-order valence-electron chi connectivity index (χ1n) is 8.40. The highest BCUT2D eigenvalue weighted by molar-refractivity contribution is 5.94. The summed E-state index contributed by atoms with van der Waals surface area (Å²) in [6.07, 6.45) is -4.77. The van der Waals surface area contributed by atoms with Crippen molar-refractivity contribution in [3.63, 3.8) is 0 Å². The maximum Gasteiger partial charge on any atom is 0.573 e. The number of fused-ring (bicyclic) bond motifs is 1. The molecule has 0 aromatic heterocycles. The standard InChI is InChI=1S/C19H18F3NO4/c1-2-23(12-14-4-3-5-16-17(14)26-11-10-25-16)18(24)13-6-8-15(9-7-13)27-19(20,21)22/h3-9H,2,10-12H2,1H3. The van der Waals surface area contributed by atoms with Crippen molar-refractivity contribution in [3.05, 3.63) is 53.6 Å². The highest BCUT2D eigenvalue weighted by atomic mass is 19.4. The van der Waals surface area contributed by atoms with Crippen LogP contribution in [0.3, 0.4) is 0 Å². The van der Waals surface area contributed by atoms with Gasteiger partial charge in [0.2, 0.25) is 0 Å². The molecular weight excluding hydrogens is 363 g/mol. The topological polar surface area (TPSA) is 48.0 Å². The molecule has 0 unspecified atom stereocenters. The molecule has 0 fully saturated rings. The predicted octanol–water partition coefficient (Wildman–Crippen LogP) is 4.02. The lowest BCUT2D eigenvalue weighted by molar-refractivity contribution is -0.274. The Bertz CT molecular complexity index is 806. The van der Waals surface area contributed by atoms with Crippen LogP contribution in [0.2, 0.25) is 0 Å². The van der Waals surface area contributed by atoms with Gasteiger partial charge in [0, 0.05) is 24.2 Å². The molecule has 3 rings (SSSR count). The molecule has 0 radical (unpaired) electrons. The largest absolute Gasteiger partial charge is 0.573 e.